The number of hydrogen-bond acceptors (Lipinski definition) is 3. The van der Waals surface area contributed by atoms with Crippen LogP contribution in [0.2, 0.25) is 5.02 Å². The van der Waals surface area contributed by atoms with Crippen LogP contribution in [0.25, 0.3) is 6.08 Å². The van der Waals surface area contributed by atoms with E-state index in [1.807, 2.05) is 62.4 Å². The molecule has 0 spiro atoms. The molecule has 1 N–H and O–H groups in total. The zero-order chi connectivity index (χ0) is 21.5. The number of nitrogens with zero attached hydrogens (tertiary/aromatic N) is 1. The van der Waals surface area contributed by atoms with E-state index in [4.69, 9.17) is 16.3 Å². The fraction of sp³-hybridized carbons (Fsp3) is 0.120. The number of aryl methyl sites for hydroxylation is 2. The minimum Gasteiger partial charge on any atom is -0.489 e. The quantitative estimate of drug-likeness (QED) is 0.391. The standard InChI is InChI=1S/C25H21ClN2O2/c1-17-6-3-4-8-20(17)16-30-22-12-10-19(11-13-22)14-21(15-27)25(29)28-24-18(2)7-5-9-23(24)26/h3-14H,16H2,1-2H3,(H,28,29)/b21-14+. The molecule has 0 bridgehead atoms. The van der Waals surface area contributed by atoms with E-state index in [0.717, 1.165) is 16.7 Å². The lowest BCUT2D eigenvalue weighted by Gasteiger charge is -2.10. The molecule has 3 rings (SSSR count). The predicted molar refractivity (Wildman–Crippen MR) is 120 cm³/mol. The van der Waals surface area contributed by atoms with Crippen molar-refractivity contribution in [2.45, 2.75) is 20.5 Å². The number of para-hydroxylation sites is 1. The summed E-state index contributed by atoms with van der Waals surface area (Å²) in [7, 11) is 0. The van der Waals surface area contributed by atoms with Crippen LogP contribution in [-0.2, 0) is 11.4 Å². The van der Waals surface area contributed by atoms with Crippen molar-refractivity contribution in [3.63, 3.8) is 0 Å². The topological polar surface area (TPSA) is 62.1 Å². The third-order valence-electron chi connectivity index (χ3n) is 4.67. The van der Waals surface area contributed by atoms with Crippen LogP contribution >= 0.6 is 11.6 Å². The molecule has 0 aliphatic heterocycles. The Hall–Kier alpha value is -3.55. The molecule has 0 unspecified atom stereocenters. The van der Waals surface area contributed by atoms with Crippen molar-refractivity contribution in [3.05, 3.63) is 99.6 Å². The van der Waals surface area contributed by atoms with Crippen molar-refractivity contribution in [3.8, 4) is 11.8 Å². The zero-order valence-corrected chi connectivity index (χ0v) is 17.5. The van der Waals surface area contributed by atoms with Gasteiger partial charge in [-0.3, -0.25) is 4.79 Å². The third kappa shape index (κ3) is 5.28. The Morgan fingerprint density at radius 3 is 2.40 bits per heavy atom. The second-order valence-corrected chi connectivity index (χ2v) is 7.25. The van der Waals surface area contributed by atoms with E-state index in [-0.39, 0.29) is 5.57 Å². The number of amides is 1. The first-order valence-electron chi connectivity index (χ1n) is 9.43. The number of nitriles is 1. The van der Waals surface area contributed by atoms with Gasteiger partial charge in [0.15, 0.2) is 0 Å². The molecular formula is C25H21ClN2O2. The lowest BCUT2D eigenvalue weighted by molar-refractivity contribution is -0.112. The van der Waals surface area contributed by atoms with E-state index in [1.54, 1.807) is 24.3 Å². The average molecular weight is 417 g/mol. The summed E-state index contributed by atoms with van der Waals surface area (Å²) in [5, 5.41) is 12.6. The molecule has 0 radical (unpaired) electrons. The van der Waals surface area contributed by atoms with Gasteiger partial charge in [-0.2, -0.15) is 5.26 Å². The van der Waals surface area contributed by atoms with E-state index >= 15 is 0 Å². The van der Waals surface area contributed by atoms with Crippen molar-refractivity contribution in [1.82, 2.24) is 0 Å². The summed E-state index contributed by atoms with van der Waals surface area (Å²) in [5.74, 6) is 0.207. The highest BCUT2D eigenvalue weighted by atomic mass is 35.5. The number of benzene rings is 3. The minimum absolute atomic E-state index is 0.0112. The molecule has 0 saturated carbocycles. The van der Waals surface area contributed by atoms with Crippen LogP contribution in [0.5, 0.6) is 5.75 Å². The van der Waals surface area contributed by atoms with Crippen LogP contribution in [0.1, 0.15) is 22.3 Å². The largest absolute Gasteiger partial charge is 0.489 e. The van der Waals surface area contributed by atoms with E-state index < -0.39 is 5.91 Å². The maximum absolute atomic E-state index is 12.5. The fourth-order valence-corrected chi connectivity index (χ4v) is 3.15. The first-order valence-corrected chi connectivity index (χ1v) is 9.81. The molecule has 0 aromatic heterocycles. The Bertz CT molecular complexity index is 1110. The van der Waals surface area contributed by atoms with Gasteiger partial charge in [0.1, 0.15) is 24.0 Å². The Morgan fingerprint density at radius 1 is 1.03 bits per heavy atom. The second kappa shape index (κ2) is 9.78. The van der Waals surface area contributed by atoms with E-state index in [1.165, 1.54) is 11.6 Å². The van der Waals surface area contributed by atoms with Crippen molar-refractivity contribution in [2.24, 2.45) is 0 Å². The van der Waals surface area contributed by atoms with Crippen LogP contribution in [0, 0.1) is 25.2 Å². The van der Waals surface area contributed by atoms with Crippen molar-refractivity contribution in [2.75, 3.05) is 5.32 Å². The van der Waals surface area contributed by atoms with Gasteiger partial charge in [0.05, 0.1) is 10.7 Å². The van der Waals surface area contributed by atoms with Gasteiger partial charge in [0.2, 0.25) is 0 Å². The summed E-state index contributed by atoms with van der Waals surface area (Å²) in [4.78, 5) is 12.5. The molecule has 1 amide bonds. The van der Waals surface area contributed by atoms with Gasteiger partial charge in [-0.05, 0) is 60.4 Å². The predicted octanol–water partition coefficient (Wildman–Crippen LogP) is 6.08. The van der Waals surface area contributed by atoms with Gasteiger partial charge in [0, 0.05) is 0 Å². The fourth-order valence-electron chi connectivity index (χ4n) is 2.88. The van der Waals surface area contributed by atoms with E-state index in [0.29, 0.717) is 23.1 Å². The molecule has 0 fully saturated rings. The van der Waals surface area contributed by atoms with Gasteiger partial charge in [-0.1, -0.05) is 60.1 Å². The van der Waals surface area contributed by atoms with Crippen LogP contribution in [0.3, 0.4) is 0 Å². The molecule has 0 saturated heterocycles. The number of hydrogen-bond donors (Lipinski definition) is 1. The molecule has 0 atom stereocenters. The van der Waals surface area contributed by atoms with Gasteiger partial charge >= 0.3 is 0 Å². The van der Waals surface area contributed by atoms with Gasteiger partial charge in [-0.25, -0.2) is 0 Å². The maximum atomic E-state index is 12.5. The molecular weight excluding hydrogens is 396 g/mol. The number of anilines is 1. The summed E-state index contributed by atoms with van der Waals surface area (Å²) < 4.78 is 5.83. The summed E-state index contributed by atoms with van der Waals surface area (Å²) in [6, 6.07) is 22.6. The van der Waals surface area contributed by atoms with Crippen molar-refractivity contribution >= 4 is 29.3 Å². The lowest BCUT2D eigenvalue weighted by atomic mass is 10.1. The second-order valence-electron chi connectivity index (χ2n) is 6.84. The van der Waals surface area contributed by atoms with Gasteiger partial charge in [-0.15, -0.1) is 0 Å². The maximum Gasteiger partial charge on any atom is 0.266 e. The number of carbonyl (C=O) groups excluding carboxylic acids is 1. The number of carbonyl (C=O) groups is 1. The normalized spacial score (nSPS) is 10.9. The first kappa shape index (κ1) is 21.2. The molecule has 4 nitrogen and oxygen atoms in total. The molecule has 3 aromatic carbocycles. The van der Waals surface area contributed by atoms with Gasteiger partial charge in [0.25, 0.3) is 5.91 Å². The van der Waals surface area contributed by atoms with Crippen LogP contribution in [0.15, 0.2) is 72.3 Å². The molecule has 0 aliphatic rings. The first-order chi connectivity index (χ1) is 14.5. The summed E-state index contributed by atoms with van der Waals surface area (Å²) in [6.07, 6.45) is 1.53. The van der Waals surface area contributed by atoms with E-state index in [9.17, 15) is 10.1 Å². The summed E-state index contributed by atoms with van der Waals surface area (Å²) >= 11 is 6.15. The molecule has 0 aliphatic carbocycles. The molecule has 30 heavy (non-hydrogen) atoms. The highest BCUT2D eigenvalue weighted by molar-refractivity contribution is 6.34. The summed E-state index contributed by atoms with van der Waals surface area (Å²) in [5.41, 5.74) is 4.34. The molecule has 0 heterocycles. The summed E-state index contributed by atoms with van der Waals surface area (Å²) in [6.45, 7) is 4.36. The van der Waals surface area contributed by atoms with Crippen molar-refractivity contribution in [1.29, 1.82) is 5.26 Å². The van der Waals surface area contributed by atoms with Crippen LogP contribution in [-0.4, -0.2) is 5.91 Å². The monoisotopic (exact) mass is 416 g/mol. The van der Waals surface area contributed by atoms with Crippen LogP contribution in [0.4, 0.5) is 5.69 Å². The number of ether oxygens (including phenoxy) is 1. The van der Waals surface area contributed by atoms with Gasteiger partial charge < -0.3 is 10.1 Å². The number of rotatable bonds is 6. The Labute approximate surface area is 181 Å². The minimum atomic E-state index is -0.506. The average Bonchev–Trinajstić information content (AvgIpc) is 2.75. The third-order valence-corrected chi connectivity index (χ3v) is 4.99. The molecule has 150 valence electrons. The number of nitrogens with one attached hydrogen (secondary N) is 1. The molecule has 5 heteroatoms. The lowest BCUT2D eigenvalue weighted by Crippen LogP contribution is -2.14. The zero-order valence-electron chi connectivity index (χ0n) is 16.8. The highest BCUT2D eigenvalue weighted by Crippen LogP contribution is 2.26. The van der Waals surface area contributed by atoms with Crippen LogP contribution < -0.4 is 10.1 Å². The van der Waals surface area contributed by atoms with Crippen molar-refractivity contribution < 1.29 is 9.53 Å². The Morgan fingerprint density at radius 2 is 1.73 bits per heavy atom. The molecule has 3 aromatic rings. The number of halogens is 1. The Kier molecular flexibility index (Phi) is 6.90. The Balaban J connectivity index is 1.69. The SMILES string of the molecule is Cc1ccccc1COc1ccc(/C=C(\C#N)C(=O)Nc2c(C)cccc2Cl)cc1. The highest BCUT2D eigenvalue weighted by Gasteiger charge is 2.13. The smallest absolute Gasteiger partial charge is 0.266 e. The van der Waals surface area contributed by atoms with E-state index in [2.05, 4.69) is 5.32 Å².